The second-order valence-corrected chi connectivity index (χ2v) is 7.04. The molecule has 31 heavy (non-hydrogen) atoms. The lowest BCUT2D eigenvalue weighted by Crippen LogP contribution is -2.29. The van der Waals surface area contributed by atoms with E-state index in [1.807, 2.05) is 0 Å². The van der Waals surface area contributed by atoms with Gasteiger partial charge in [-0.15, -0.1) is 0 Å². The first-order chi connectivity index (χ1) is 14.8. The molecule has 1 atom stereocenters. The number of ether oxygens (including phenoxy) is 1. The van der Waals surface area contributed by atoms with Crippen LogP contribution < -0.4 is 9.64 Å². The van der Waals surface area contributed by atoms with Gasteiger partial charge in [-0.05, 0) is 42.5 Å². The number of hydrogen-bond acceptors (Lipinski definition) is 5. The molecule has 1 aliphatic rings. The Morgan fingerprint density at radius 1 is 1.13 bits per heavy atom. The number of anilines is 1. The van der Waals surface area contributed by atoms with Crippen molar-refractivity contribution in [2.24, 2.45) is 0 Å². The summed E-state index contributed by atoms with van der Waals surface area (Å²) in [5.74, 6) is -4.37. The number of amides is 1. The van der Waals surface area contributed by atoms with E-state index in [1.54, 1.807) is 0 Å². The van der Waals surface area contributed by atoms with Gasteiger partial charge in [0, 0.05) is 17.3 Å². The minimum atomic E-state index is -1.21. The topological polar surface area (TPSA) is 80.0 Å². The standard InChI is InChI=1S/C22H14ClF2NO5/c1-30-16-7-4-11(9-13(16)23)20(27)18-19(17-3-2-8-31-17)26(22(29)21(18)28)12-5-6-14(24)15(25)10-12/h2-10,19,27H,1H3/b20-18-. The number of furan rings is 1. The molecule has 1 aromatic heterocycles. The number of nitrogens with zero attached hydrogens (tertiary/aromatic N) is 1. The zero-order valence-electron chi connectivity index (χ0n) is 15.9. The first-order valence-corrected chi connectivity index (χ1v) is 9.34. The Labute approximate surface area is 179 Å². The molecular weight excluding hydrogens is 432 g/mol. The van der Waals surface area contributed by atoms with Gasteiger partial charge >= 0.3 is 0 Å². The van der Waals surface area contributed by atoms with Crippen molar-refractivity contribution in [2.75, 3.05) is 12.0 Å². The van der Waals surface area contributed by atoms with Crippen LogP contribution in [0.4, 0.5) is 14.5 Å². The number of Topliss-reactive ketones (excluding diaryl/α,β-unsaturated/α-hetero) is 1. The van der Waals surface area contributed by atoms with Crippen molar-refractivity contribution in [3.63, 3.8) is 0 Å². The lowest BCUT2D eigenvalue weighted by atomic mass is 9.99. The third-order valence-corrected chi connectivity index (χ3v) is 5.16. The third-order valence-electron chi connectivity index (χ3n) is 4.86. The zero-order chi connectivity index (χ0) is 22.3. The number of hydrogen-bond donors (Lipinski definition) is 1. The summed E-state index contributed by atoms with van der Waals surface area (Å²) in [4.78, 5) is 26.7. The van der Waals surface area contributed by atoms with Crippen molar-refractivity contribution < 1.29 is 32.6 Å². The summed E-state index contributed by atoms with van der Waals surface area (Å²) >= 11 is 6.12. The molecule has 158 valence electrons. The third kappa shape index (κ3) is 3.44. The van der Waals surface area contributed by atoms with Crippen LogP contribution in [-0.2, 0) is 9.59 Å². The van der Waals surface area contributed by atoms with Gasteiger partial charge in [-0.2, -0.15) is 0 Å². The van der Waals surface area contributed by atoms with Gasteiger partial charge in [-0.3, -0.25) is 14.5 Å². The van der Waals surface area contributed by atoms with Gasteiger partial charge in [0.2, 0.25) is 0 Å². The summed E-state index contributed by atoms with van der Waals surface area (Å²) in [5, 5.41) is 11.1. The predicted molar refractivity (Wildman–Crippen MR) is 108 cm³/mol. The van der Waals surface area contributed by atoms with Gasteiger partial charge < -0.3 is 14.3 Å². The van der Waals surface area contributed by atoms with E-state index in [2.05, 4.69) is 0 Å². The molecule has 9 heteroatoms. The maximum absolute atomic E-state index is 13.9. The van der Waals surface area contributed by atoms with Gasteiger partial charge in [0.25, 0.3) is 11.7 Å². The van der Waals surface area contributed by atoms with Crippen molar-refractivity contribution in [2.45, 2.75) is 6.04 Å². The first kappa shape index (κ1) is 20.6. The van der Waals surface area contributed by atoms with Crippen LogP contribution in [0.15, 0.2) is 64.8 Å². The van der Waals surface area contributed by atoms with E-state index in [0.717, 1.165) is 23.1 Å². The molecule has 0 radical (unpaired) electrons. The summed E-state index contributed by atoms with van der Waals surface area (Å²) < 4.78 is 37.7. The Hall–Kier alpha value is -3.65. The zero-order valence-corrected chi connectivity index (χ0v) is 16.7. The maximum Gasteiger partial charge on any atom is 0.300 e. The molecule has 1 amide bonds. The minimum Gasteiger partial charge on any atom is -0.507 e. The monoisotopic (exact) mass is 445 g/mol. The summed E-state index contributed by atoms with van der Waals surface area (Å²) in [6.07, 6.45) is 1.32. The van der Waals surface area contributed by atoms with Gasteiger partial charge in [0.15, 0.2) is 11.6 Å². The molecule has 1 saturated heterocycles. The fraction of sp³-hybridized carbons (Fsp3) is 0.0909. The molecule has 0 spiro atoms. The molecule has 4 rings (SSSR count). The average Bonchev–Trinajstić information content (AvgIpc) is 3.37. The molecule has 2 heterocycles. The first-order valence-electron chi connectivity index (χ1n) is 8.97. The fourth-order valence-electron chi connectivity index (χ4n) is 3.42. The van der Waals surface area contributed by atoms with Gasteiger partial charge in [0.1, 0.15) is 23.3 Å². The van der Waals surface area contributed by atoms with E-state index in [-0.39, 0.29) is 27.6 Å². The lowest BCUT2D eigenvalue weighted by Gasteiger charge is -2.23. The van der Waals surface area contributed by atoms with Gasteiger partial charge in [-0.1, -0.05) is 11.6 Å². The normalized spacial score (nSPS) is 17.9. The largest absolute Gasteiger partial charge is 0.507 e. The molecule has 3 aromatic rings. The molecular formula is C22H14ClF2NO5. The van der Waals surface area contributed by atoms with Crippen molar-refractivity contribution >= 4 is 34.7 Å². The Morgan fingerprint density at radius 2 is 1.90 bits per heavy atom. The summed E-state index contributed by atoms with van der Waals surface area (Å²) in [5.41, 5.74) is -0.203. The van der Waals surface area contributed by atoms with Crippen molar-refractivity contribution in [1.29, 1.82) is 0 Å². The lowest BCUT2D eigenvalue weighted by molar-refractivity contribution is -0.132. The molecule has 1 aliphatic heterocycles. The minimum absolute atomic E-state index is 0.0748. The second-order valence-electron chi connectivity index (χ2n) is 6.63. The molecule has 1 unspecified atom stereocenters. The van der Waals surface area contributed by atoms with Crippen LogP contribution in [0, 0.1) is 11.6 Å². The van der Waals surface area contributed by atoms with Crippen molar-refractivity contribution in [3.8, 4) is 5.75 Å². The molecule has 1 fully saturated rings. The van der Waals surface area contributed by atoms with E-state index in [1.165, 1.54) is 43.7 Å². The smallest absolute Gasteiger partial charge is 0.300 e. The number of aliphatic hydroxyl groups is 1. The number of carbonyl (C=O) groups excluding carboxylic acids is 2. The summed E-state index contributed by atoms with van der Waals surface area (Å²) in [7, 11) is 1.42. The highest BCUT2D eigenvalue weighted by molar-refractivity contribution is 6.51. The van der Waals surface area contributed by atoms with Gasteiger partial charge in [-0.25, -0.2) is 8.78 Å². The maximum atomic E-state index is 13.9. The summed E-state index contributed by atoms with van der Waals surface area (Å²) in [6, 6.07) is 8.94. The number of halogens is 3. The van der Waals surface area contributed by atoms with E-state index >= 15 is 0 Å². The van der Waals surface area contributed by atoms with Crippen LogP contribution >= 0.6 is 11.6 Å². The molecule has 0 saturated carbocycles. The Kier molecular flexibility index (Phi) is 5.24. The van der Waals surface area contributed by atoms with Crippen LogP contribution in [0.3, 0.4) is 0 Å². The highest BCUT2D eigenvalue weighted by Crippen LogP contribution is 2.43. The van der Waals surface area contributed by atoms with E-state index in [4.69, 9.17) is 20.8 Å². The average molecular weight is 446 g/mol. The molecule has 2 aromatic carbocycles. The quantitative estimate of drug-likeness (QED) is 0.353. The predicted octanol–water partition coefficient (Wildman–Crippen LogP) is 4.85. The van der Waals surface area contributed by atoms with E-state index in [9.17, 15) is 23.5 Å². The van der Waals surface area contributed by atoms with E-state index in [0.29, 0.717) is 5.75 Å². The van der Waals surface area contributed by atoms with Gasteiger partial charge in [0.05, 0.1) is 24.0 Å². The highest BCUT2D eigenvalue weighted by atomic mass is 35.5. The molecule has 0 bridgehead atoms. The Bertz CT molecular complexity index is 1220. The van der Waals surface area contributed by atoms with Crippen molar-refractivity contribution in [3.05, 3.63) is 88.3 Å². The summed E-state index contributed by atoms with van der Waals surface area (Å²) in [6.45, 7) is 0. The van der Waals surface area contributed by atoms with Crippen molar-refractivity contribution in [1.82, 2.24) is 0 Å². The van der Waals surface area contributed by atoms with Crippen LogP contribution in [0.2, 0.25) is 5.02 Å². The molecule has 1 N–H and O–H groups in total. The fourth-order valence-corrected chi connectivity index (χ4v) is 3.68. The second kappa shape index (κ2) is 7.88. The highest BCUT2D eigenvalue weighted by Gasteiger charge is 2.48. The van der Waals surface area contributed by atoms with Crippen LogP contribution in [0.25, 0.3) is 5.76 Å². The SMILES string of the molecule is COc1ccc(/C(O)=C2/C(=O)C(=O)N(c3ccc(F)c(F)c3)C2c2ccco2)cc1Cl. The number of benzene rings is 2. The number of ketones is 1. The number of carbonyl (C=O) groups is 2. The van der Waals surface area contributed by atoms with Crippen LogP contribution in [0.5, 0.6) is 5.75 Å². The Balaban J connectivity index is 1.91. The number of methoxy groups -OCH3 is 1. The van der Waals surface area contributed by atoms with Crippen LogP contribution in [0.1, 0.15) is 17.4 Å². The molecule has 0 aliphatic carbocycles. The molecule has 6 nitrogen and oxygen atoms in total. The number of rotatable bonds is 4. The van der Waals surface area contributed by atoms with Crippen LogP contribution in [-0.4, -0.2) is 23.9 Å². The number of aliphatic hydroxyl groups excluding tert-OH is 1. The van der Waals surface area contributed by atoms with E-state index < -0.39 is 35.1 Å². The Morgan fingerprint density at radius 3 is 2.52 bits per heavy atom.